The number of hydrogen-bond acceptors (Lipinski definition) is 3. The summed E-state index contributed by atoms with van der Waals surface area (Å²) in [5.74, 6) is -1.89. The summed E-state index contributed by atoms with van der Waals surface area (Å²) >= 11 is 1.79. The van der Waals surface area contributed by atoms with Crippen LogP contribution in [0.25, 0.3) is 0 Å². The van der Waals surface area contributed by atoms with Crippen molar-refractivity contribution in [1.82, 2.24) is 5.32 Å². The van der Waals surface area contributed by atoms with E-state index < -0.39 is 17.5 Å². The Hall–Kier alpha value is -1.30. The van der Waals surface area contributed by atoms with Crippen molar-refractivity contribution in [2.45, 2.75) is 37.5 Å². The normalized spacial score (nSPS) is 21.3. The van der Waals surface area contributed by atoms with Crippen LogP contribution in [0.1, 0.15) is 36.5 Å². The lowest BCUT2D eigenvalue weighted by atomic mass is 10.1. The molecule has 0 aromatic heterocycles. The fourth-order valence-electron chi connectivity index (χ4n) is 2.60. The molecule has 1 saturated carbocycles. The molecule has 2 atom stereocenters. The van der Waals surface area contributed by atoms with E-state index in [-0.39, 0.29) is 17.3 Å². The van der Waals surface area contributed by atoms with Crippen LogP contribution in [0, 0.1) is 11.6 Å². The van der Waals surface area contributed by atoms with Gasteiger partial charge < -0.3 is 10.6 Å². The van der Waals surface area contributed by atoms with Gasteiger partial charge in [0.05, 0.1) is 0 Å². The zero-order valence-electron chi connectivity index (χ0n) is 12.2. The van der Waals surface area contributed by atoms with Gasteiger partial charge in [0.25, 0.3) is 5.91 Å². The maximum Gasteiger partial charge on any atom is 0.251 e. The van der Waals surface area contributed by atoms with Crippen LogP contribution in [-0.4, -0.2) is 30.0 Å². The van der Waals surface area contributed by atoms with Gasteiger partial charge in [0.1, 0.15) is 17.3 Å². The number of anilines is 1. The molecule has 2 N–H and O–H groups in total. The second kappa shape index (κ2) is 7.11. The number of nitrogens with one attached hydrogen (secondary N) is 2. The Morgan fingerprint density at radius 2 is 2.00 bits per heavy atom. The van der Waals surface area contributed by atoms with Crippen molar-refractivity contribution in [3.05, 3.63) is 29.3 Å². The maximum absolute atomic E-state index is 13.8. The van der Waals surface area contributed by atoms with Gasteiger partial charge in [-0.15, -0.1) is 0 Å². The van der Waals surface area contributed by atoms with Gasteiger partial charge in [0.15, 0.2) is 0 Å². The first-order chi connectivity index (χ1) is 10.0. The lowest BCUT2D eigenvalue weighted by molar-refractivity contribution is 0.0937. The van der Waals surface area contributed by atoms with Gasteiger partial charge in [0.2, 0.25) is 0 Å². The van der Waals surface area contributed by atoms with Crippen LogP contribution in [0.3, 0.4) is 0 Å². The Balaban J connectivity index is 2.06. The minimum absolute atomic E-state index is 0.0271. The van der Waals surface area contributed by atoms with Crippen LogP contribution in [0.5, 0.6) is 0 Å². The van der Waals surface area contributed by atoms with E-state index in [0.717, 1.165) is 31.4 Å². The Kier molecular flexibility index (Phi) is 5.45. The summed E-state index contributed by atoms with van der Waals surface area (Å²) < 4.78 is 27.6. The van der Waals surface area contributed by atoms with Crippen molar-refractivity contribution in [2.75, 3.05) is 18.1 Å². The number of amides is 1. The number of thioether (sulfide) groups is 1. The highest BCUT2D eigenvalue weighted by molar-refractivity contribution is 7.99. The molecule has 1 aromatic rings. The minimum Gasteiger partial charge on any atom is -0.381 e. The first-order valence-corrected chi connectivity index (χ1v) is 8.40. The van der Waals surface area contributed by atoms with E-state index >= 15 is 0 Å². The summed E-state index contributed by atoms with van der Waals surface area (Å²) in [6.07, 6.45) is 4.94. The van der Waals surface area contributed by atoms with Crippen molar-refractivity contribution in [1.29, 1.82) is 0 Å². The Bertz CT molecular complexity index is 501. The molecule has 1 fully saturated rings. The number of carbonyl (C=O) groups excluding carboxylic acids is 1. The molecule has 0 aliphatic heterocycles. The zero-order chi connectivity index (χ0) is 15.4. The van der Waals surface area contributed by atoms with Gasteiger partial charge in [-0.2, -0.15) is 11.8 Å². The SMILES string of the molecule is CCNc1c(F)cc(C(=O)NC2CCC(SC)C2)cc1F. The molecule has 1 amide bonds. The van der Waals surface area contributed by atoms with Crippen LogP contribution < -0.4 is 10.6 Å². The molecule has 2 unspecified atom stereocenters. The van der Waals surface area contributed by atoms with Gasteiger partial charge in [-0.05, 0) is 44.6 Å². The molecule has 3 nitrogen and oxygen atoms in total. The molecular weight excluding hydrogens is 294 g/mol. The fraction of sp³-hybridized carbons (Fsp3) is 0.533. The van der Waals surface area contributed by atoms with Crippen molar-refractivity contribution in [2.24, 2.45) is 0 Å². The van der Waals surface area contributed by atoms with Gasteiger partial charge in [-0.1, -0.05) is 0 Å². The third kappa shape index (κ3) is 3.87. The molecule has 1 aliphatic rings. The van der Waals surface area contributed by atoms with Crippen molar-refractivity contribution >= 4 is 23.4 Å². The molecule has 0 heterocycles. The zero-order valence-corrected chi connectivity index (χ0v) is 13.0. The number of carbonyl (C=O) groups is 1. The van der Waals surface area contributed by atoms with Crippen LogP contribution in [0.4, 0.5) is 14.5 Å². The molecule has 0 spiro atoms. The predicted molar refractivity (Wildman–Crippen MR) is 82.9 cm³/mol. The van der Waals surface area contributed by atoms with E-state index in [1.807, 2.05) is 0 Å². The third-order valence-electron chi connectivity index (χ3n) is 3.71. The first kappa shape index (κ1) is 16.1. The molecule has 116 valence electrons. The molecule has 0 bridgehead atoms. The summed E-state index contributed by atoms with van der Waals surface area (Å²) in [5.41, 5.74) is -0.156. The van der Waals surface area contributed by atoms with Crippen molar-refractivity contribution in [3.8, 4) is 0 Å². The quantitative estimate of drug-likeness (QED) is 0.875. The monoisotopic (exact) mass is 314 g/mol. The van der Waals surface area contributed by atoms with E-state index in [1.165, 1.54) is 0 Å². The Labute approximate surface area is 127 Å². The largest absolute Gasteiger partial charge is 0.381 e. The van der Waals surface area contributed by atoms with Gasteiger partial charge in [0, 0.05) is 23.4 Å². The number of benzene rings is 1. The highest BCUT2D eigenvalue weighted by Gasteiger charge is 2.26. The average molecular weight is 314 g/mol. The molecule has 6 heteroatoms. The molecule has 0 saturated heterocycles. The highest BCUT2D eigenvalue weighted by atomic mass is 32.2. The van der Waals surface area contributed by atoms with Crippen LogP contribution in [-0.2, 0) is 0 Å². The lowest BCUT2D eigenvalue weighted by Gasteiger charge is -2.14. The van der Waals surface area contributed by atoms with Crippen LogP contribution in [0.2, 0.25) is 0 Å². The number of hydrogen-bond donors (Lipinski definition) is 2. The predicted octanol–water partition coefficient (Wildman–Crippen LogP) is 3.41. The van der Waals surface area contributed by atoms with E-state index in [4.69, 9.17) is 0 Å². The molecule has 21 heavy (non-hydrogen) atoms. The topological polar surface area (TPSA) is 41.1 Å². The van der Waals surface area contributed by atoms with E-state index in [9.17, 15) is 13.6 Å². The highest BCUT2D eigenvalue weighted by Crippen LogP contribution is 2.28. The summed E-state index contributed by atoms with van der Waals surface area (Å²) in [5, 5.41) is 6.03. The van der Waals surface area contributed by atoms with E-state index in [2.05, 4.69) is 16.9 Å². The van der Waals surface area contributed by atoms with Gasteiger partial charge >= 0.3 is 0 Å². The molecule has 1 aromatic carbocycles. The maximum atomic E-state index is 13.8. The summed E-state index contributed by atoms with van der Waals surface area (Å²) in [6.45, 7) is 2.17. The summed E-state index contributed by atoms with van der Waals surface area (Å²) in [7, 11) is 0. The summed E-state index contributed by atoms with van der Waals surface area (Å²) in [6, 6.07) is 2.25. The minimum atomic E-state index is -0.740. The van der Waals surface area contributed by atoms with E-state index in [1.54, 1.807) is 18.7 Å². The lowest BCUT2D eigenvalue weighted by Crippen LogP contribution is -2.33. The van der Waals surface area contributed by atoms with E-state index in [0.29, 0.717) is 11.8 Å². The fourth-order valence-corrected chi connectivity index (χ4v) is 3.40. The van der Waals surface area contributed by atoms with Crippen LogP contribution in [0.15, 0.2) is 12.1 Å². The average Bonchev–Trinajstić information content (AvgIpc) is 2.90. The Morgan fingerprint density at radius 3 is 2.52 bits per heavy atom. The second-order valence-electron chi connectivity index (χ2n) is 5.19. The van der Waals surface area contributed by atoms with Gasteiger partial charge in [-0.25, -0.2) is 8.78 Å². The smallest absolute Gasteiger partial charge is 0.251 e. The molecule has 0 radical (unpaired) electrons. The molecule has 1 aliphatic carbocycles. The molecule has 2 rings (SSSR count). The second-order valence-corrected chi connectivity index (χ2v) is 6.32. The first-order valence-electron chi connectivity index (χ1n) is 7.11. The van der Waals surface area contributed by atoms with Gasteiger partial charge in [-0.3, -0.25) is 4.79 Å². The number of rotatable bonds is 5. The standard InChI is InChI=1S/C15H20F2N2OS/c1-3-18-14-12(16)6-9(7-13(14)17)15(20)19-10-4-5-11(8-10)21-2/h6-7,10-11,18H,3-5,8H2,1-2H3,(H,19,20). The third-order valence-corrected chi connectivity index (χ3v) is 4.81. The van der Waals surface area contributed by atoms with Crippen molar-refractivity contribution in [3.63, 3.8) is 0 Å². The summed E-state index contributed by atoms with van der Waals surface area (Å²) in [4.78, 5) is 12.1. The molecular formula is C15H20F2N2OS. The van der Waals surface area contributed by atoms with Crippen molar-refractivity contribution < 1.29 is 13.6 Å². The van der Waals surface area contributed by atoms with Crippen LogP contribution >= 0.6 is 11.8 Å². The Morgan fingerprint density at radius 1 is 1.33 bits per heavy atom. The number of halogens is 2.